The van der Waals surface area contributed by atoms with E-state index in [1.807, 2.05) is 0 Å². The molecule has 1 aliphatic heterocycles. The van der Waals surface area contributed by atoms with Crippen LogP contribution in [0.1, 0.15) is 33.6 Å². The molecule has 0 N–H and O–H groups in total. The second-order valence-electron chi connectivity index (χ2n) is 4.96. The van der Waals surface area contributed by atoms with Crippen LogP contribution in [0.3, 0.4) is 0 Å². The number of ketones is 1. The van der Waals surface area contributed by atoms with Gasteiger partial charge in [-0.15, -0.1) is 0 Å². The maximum Gasteiger partial charge on any atom is 0.131 e. The van der Waals surface area contributed by atoms with E-state index in [9.17, 15) is 4.79 Å². The first-order valence-corrected chi connectivity index (χ1v) is 5.94. The van der Waals surface area contributed by atoms with Crippen LogP contribution >= 0.6 is 0 Å². The highest BCUT2D eigenvalue weighted by Crippen LogP contribution is 2.14. The molecule has 0 spiro atoms. The van der Waals surface area contributed by atoms with Crippen LogP contribution in [0.4, 0.5) is 0 Å². The average molecular weight is 212 g/mol. The molecule has 1 heterocycles. The third-order valence-corrected chi connectivity index (χ3v) is 3.25. The molecular weight excluding hydrogens is 188 g/mol. The predicted molar refractivity (Wildman–Crippen MR) is 63.0 cm³/mol. The second-order valence-corrected chi connectivity index (χ2v) is 4.96. The molecule has 0 aromatic heterocycles. The van der Waals surface area contributed by atoms with Crippen molar-refractivity contribution in [1.29, 1.82) is 0 Å². The maximum atomic E-state index is 11.1. The normalized spacial score (nSPS) is 27.3. The number of carbonyl (C=O) groups excluding carboxylic acids is 1. The molecule has 1 fully saturated rings. The predicted octanol–water partition coefficient (Wildman–Crippen LogP) is 1.38. The second kappa shape index (κ2) is 5.61. The monoisotopic (exact) mass is 212 g/mol. The van der Waals surface area contributed by atoms with Gasteiger partial charge in [-0.25, -0.2) is 0 Å². The summed E-state index contributed by atoms with van der Waals surface area (Å²) in [6, 6.07) is 0.954. The lowest BCUT2D eigenvalue weighted by atomic mass is 10.1. The van der Waals surface area contributed by atoms with Crippen molar-refractivity contribution in [3.8, 4) is 0 Å². The van der Waals surface area contributed by atoms with Crippen molar-refractivity contribution < 1.29 is 4.79 Å². The van der Waals surface area contributed by atoms with Gasteiger partial charge in [0.05, 0.1) is 0 Å². The van der Waals surface area contributed by atoms with Crippen LogP contribution in [0.5, 0.6) is 0 Å². The molecule has 0 bridgehead atoms. The topological polar surface area (TPSA) is 23.6 Å². The summed E-state index contributed by atoms with van der Waals surface area (Å²) in [6.07, 6.45) is 1.90. The highest BCUT2D eigenvalue weighted by atomic mass is 16.1. The highest BCUT2D eigenvalue weighted by molar-refractivity contribution is 5.76. The minimum absolute atomic E-state index is 0.298. The average Bonchev–Trinajstić information content (AvgIpc) is 2.25. The Morgan fingerprint density at radius 3 is 2.73 bits per heavy atom. The van der Waals surface area contributed by atoms with Crippen molar-refractivity contribution in [2.24, 2.45) is 0 Å². The van der Waals surface area contributed by atoms with Crippen LogP contribution in [0, 0.1) is 0 Å². The minimum Gasteiger partial charge on any atom is -0.305 e. The summed E-state index contributed by atoms with van der Waals surface area (Å²) in [7, 11) is 2.18. The molecule has 0 amide bonds. The van der Waals surface area contributed by atoms with Crippen molar-refractivity contribution in [3.05, 3.63) is 0 Å². The Balaban J connectivity index is 2.54. The van der Waals surface area contributed by atoms with Crippen molar-refractivity contribution in [3.63, 3.8) is 0 Å². The van der Waals surface area contributed by atoms with Gasteiger partial charge < -0.3 is 4.90 Å². The Labute approximate surface area is 93.4 Å². The van der Waals surface area contributed by atoms with Gasteiger partial charge in [0.2, 0.25) is 0 Å². The molecule has 88 valence electrons. The molecule has 3 nitrogen and oxygen atoms in total. The van der Waals surface area contributed by atoms with E-state index in [4.69, 9.17) is 0 Å². The summed E-state index contributed by atoms with van der Waals surface area (Å²) in [5.74, 6) is 0.298. The first-order chi connectivity index (χ1) is 7.00. The molecule has 2 atom stereocenters. The largest absolute Gasteiger partial charge is 0.305 e. The van der Waals surface area contributed by atoms with Crippen molar-refractivity contribution in [2.45, 2.75) is 45.7 Å². The Hall–Kier alpha value is -0.410. The minimum atomic E-state index is 0.298. The van der Waals surface area contributed by atoms with Crippen molar-refractivity contribution in [2.75, 3.05) is 26.7 Å². The Morgan fingerprint density at radius 2 is 2.13 bits per heavy atom. The van der Waals surface area contributed by atoms with Gasteiger partial charge in [0.15, 0.2) is 0 Å². The third-order valence-electron chi connectivity index (χ3n) is 3.25. The molecule has 0 saturated carbocycles. The molecule has 3 heteroatoms. The summed E-state index contributed by atoms with van der Waals surface area (Å²) < 4.78 is 0. The number of nitrogens with zero attached hydrogens (tertiary/aromatic N) is 2. The third kappa shape index (κ3) is 3.92. The zero-order valence-corrected chi connectivity index (χ0v) is 10.5. The molecule has 1 saturated heterocycles. The Kier molecular flexibility index (Phi) is 4.74. The van der Waals surface area contributed by atoms with Crippen LogP contribution < -0.4 is 0 Å². The van der Waals surface area contributed by atoms with E-state index in [0.717, 1.165) is 13.1 Å². The van der Waals surface area contributed by atoms with Gasteiger partial charge >= 0.3 is 0 Å². The summed E-state index contributed by atoms with van der Waals surface area (Å²) in [5, 5.41) is 0. The lowest BCUT2D eigenvalue weighted by molar-refractivity contribution is -0.118. The smallest absolute Gasteiger partial charge is 0.131 e. The molecule has 0 aromatic rings. The fraction of sp³-hybridized carbons (Fsp3) is 0.917. The van der Waals surface area contributed by atoms with Crippen LogP contribution in [-0.4, -0.2) is 54.3 Å². The zero-order chi connectivity index (χ0) is 11.4. The van der Waals surface area contributed by atoms with Crippen LogP contribution in [0.2, 0.25) is 0 Å². The van der Waals surface area contributed by atoms with Crippen molar-refractivity contribution in [1.82, 2.24) is 9.80 Å². The van der Waals surface area contributed by atoms with E-state index >= 15 is 0 Å². The number of hydrogen-bond donors (Lipinski definition) is 0. The molecule has 0 aliphatic carbocycles. The highest BCUT2D eigenvalue weighted by Gasteiger charge is 2.24. The first kappa shape index (κ1) is 12.7. The van der Waals surface area contributed by atoms with E-state index in [2.05, 4.69) is 30.7 Å². The van der Waals surface area contributed by atoms with E-state index in [1.54, 1.807) is 6.92 Å². The quantitative estimate of drug-likeness (QED) is 0.706. The Morgan fingerprint density at radius 1 is 1.47 bits per heavy atom. The molecule has 2 unspecified atom stereocenters. The SMILES string of the molecule is CC(=O)CC(C)N1CCCN(C)CC1C. The van der Waals surface area contributed by atoms with Gasteiger partial charge in [-0.3, -0.25) is 9.69 Å². The van der Waals surface area contributed by atoms with Crippen LogP contribution in [-0.2, 0) is 4.79 Å². The van der Waals surface area contributed by atoms with E-state index < -0.39 is 0 Å². The number of Topliss-reactive ketones (excluding diaryl/α,β-unsaturated/α-hetero) is 1. The first-order valence-electron chi connectivity index (χ1n) is 5.94. The summed E-state index contributed by atoms with van der Waals surface area (Å²) in [5.41, 5.74) is 0. The Bertz CT molecular complexity index is 218. The molecule has 15 heavy (non-hydrogen) atoms. The van der Waals surface area contributed by atoms with Gasteiger partial charge in [-0.05, 0) is 47.3 Å². The van der Waals surface area contributed by atoms with Crippen LogP contribution in [0.15, 0.2) is 0 Å². The maximum absolute atomic E-state index is 11.1. The standard InChI is InChI=1S/C12H24N2O/c1-10(8-12(3)15)14-7-5-6-13(4)9-11(14)2/h10-11H,5-9H2,1-4H3. The van der Waals surface area contributed by atoms with Gasteiger partial charge in [0.25, 0.3) is 0 Å². The fourth-order valence-electron chi connectivity index (χ4n) is 2.58. The molecular formula is C12H24N2O. The van der Waals surface area contributed by atoms with E-state index in [1.165, 1.54) is 13.0 Å². The molecule has 0 radical (unpaired) electrons. The number of hydrogen-bond acceptors (Lipinski definition) is 3. The zero-order valence-electron chi connectivity index (χ0n) is 10.5. The lowest BCUT2D eigenvalue weighted by Crippen LogP contribution is -2.43. The summed E-state index contributed by atoms with van der Waals surface area (Å²) >= 11 is 0. The van der Waals surface area contributed by atoms with Gasteiger partial charge in [0, 0.05) is 25.0 Å². The molecule has 1 aliphatic rings. The summed E-state index contributed by atoms with van der Waals surface area (Å²) in [6.45, 7) is 9.53. The molecule has 1 rings (SSSR count). The summed E-state index contributed by atoms with van der Waals surface area (Å²) in [4.78, 5) is 16.0. The van der Waals surface area contributed by atoms with Gasteiger partial charge in [0.1, 0.15) is 5.78 Å². The number of rotatable bonds is 3. The van der Waals surface area contributed by atoms with Crippen LogP contribution in [0.25, 0.3) is 0 Å². The van der Waals surface area contributed by atoms with E-state index in [0.29, 0.717) is 24.3 Å². The molecule has 0 aromatic carbocycles. The van der Waals surface area contributed by atoms with Crippen molar-refractivity contribution >= 4 is 5.78 Å². The van der Waals surface area contributed by atoms with E-state index in [-0.39, 0.29) is 0 Å². The van der Waals surface area contributed by atoms with Gasteiger partial charge in [-0.2, -0.15) is 0 Å². The lowest BCUT2D eigenvalue weighted by Gasteiger charge is -2.33. The number of likely N-dealkylation sites (N-methyl/N-ethyl adjacent to an activating group) is 1. The van der Waals surface area contributed by atoms with Gasteiger partial charge in [-0.1, -0.05) is 0 Å². The number of carbonyl (C=O) groups is 1. The fourth-order valence-corrected chi connectivity index (χ4v) is 2.58.